The van der Waals surface area contributed by atoms with Crippen LogP contribution in [0.4, 0.5) is 4.39 Å². The average molecular weight is 301 g/mol. The van der Waals surface area contributed by atoms with Gasteiger partial charge in [-0.25, -0.2) is 0 Å². The summed E-state index contributed by atoms with van der Waals surface area (Å²) in [5, 5.41) is 0.298. The minimum absolute atomic E-state index is 0.0601. The first-order chi connectivity index (χ1) is 7.80. The Hall–Kier alpha value is -0.991. The van der Waals surface area contributed by atoms with Gasteiger partial charge in [0.1, 0.15) is 0 Å². The van der Waals surface area contributed by atoms with Gasteiger partial charge in [0.05, 0.1) is 0 Å². The van der Waals surface area contributed by atoms with E-state index in [0.29, 0.717) is 10.9 Å². The third-order valence-corrected chi connectivity index (χ3v) is 4.15. The predicted molar refractivity (Wildman–Crippen MR) is 65.8 cm³/mol. The molecule has 0 amide bonds. The van der Waals surface area contributed by atoms with Gasteiger partial charge in [0.25, 0.3) is 0 Å². The van der Waals surface area contributed by atoms with Gasteiger partial charge >= 0.3 is 107 Å². The molecule has 1 aromatic carbocycles. The Bertz CT molecular complexity index is 418. The second kappa shape index (κ2) is 5.56. The molecule has 0 aliphatic rings. The predicted octanol–water partition coefficient (Wildman–Crippen LogP) is 2.70. The molecular formula is C13H15FO2Se. The monoisotopic (exact) mass is 302 g/mol. The van der Waals surface area contributed by atoms with Crippen LogP contribution in [0.3, 0.4) is 0 Å². The van der Waals surface area contributed by atoms with Crippen molar-refractivity contribution in [3.05, 3.63) is 35.6 Å². The van der Waals surface area contributed by atoms with Gasteiger partial charge in [-0.2, -0.15) is 0 Å². The summed E-state index contributed by atoms with van der Waals surface area (Å²) in [5.74, 6) is -0.271. The van der Waals surface area contributed by atoms with Crippen LogP contribution in [0.25, 0.3) is 0 Å². The van der Waals surface area contributed by atoms with Crippen molar-refractivity contribution in [1.29, 1.82) is 0 Å². The average Bonchev–Trinajstić information content (AvgIpc) is 2.25. The first-order valence-corrected chi connectivity index (χ1v) is 7.33. The molecule has 0 unspecified atom stereocenters. The van der Waals surface area contributed by atoms with E-state index < -0.39 is 20.4 Å². The zero-order chi connectivity index (χ0) is 13.1. The summed E-state index contributed by atoms with van der Waals surface area (Å²) in [5.41, 5.74) is 0.0817. The minimum atomic E-state index is -0.401. The first-order valence-electron chi connectivity index (χ1n) is 5.26. The molecule has 0 N–H and O–H groups in total. The Balaban J connectivity index is 2.56. The van der Waals surface area contributed by atoms with Crippen LogP contribution in [0.1, 0.15) is 31.1 Å². The molecule has 0 heterocycles. The van der Waals surface area contributed by atoms with Gasteiger partial charge in [0.2, 0.25) is 0 Å². The summed E-state index contributed by atoms with van der Waals surface area (Å²) in [6.07, 6.45) is 0. The number of Topliss-reactive ketones (excluding diaryl/α,β-unsaturated/α-hetero) is 1. The van der Waals surface area contributed by atoms with Crippen LogP contribution in [-0.2, 0) is 4.79 Å². The molecule has 0 spiro atoms. The summed E-state index contributed by atoms with van der Waals surface area (Å²) < 4.78 is 12.6. The topological polar surface area (TPSA) is 34.1 Å². The van der Waals surface area contributed by atoms with Crippen LogP contribution in [0, 0.1) is 11.2 Å². The molecule has 0 saturated heterocycles. The Morgan fingerprint density at radius 3 is 2.18 bits per heavy atom. The number of carbonyl (C=O) groups excluding carboxylic acids is 2. The van der Waals surface area contributed by atoms with E-state index in [1.807, 2.05) is 20.8 Å². The number of halogens is 1. The van der Waals surface area contributed by atoms with Crippen molar-refractivity contribution in [2.75, 3.05) is 0 Å². The second-order valence-electron chi connectivity index (χ2n) is 4.76. The fourth-order valence-corrected chi connectivity index (χ4v) is 3.11. The van der Waals surface area contributed by atoms with Crippen LogP contribution in [-0.4, -0.2) is 25.4 Å². The molecule has 1 aromatic rings. The van der Waals surface area contributed by atoms with Gasteiger partial charge in [-0.05, 0) is 0 Å². The van der Waals surface area contributed by atoms with Gasteiger partial charge in [0.15, 0.2) is 0 Å². The van der Waals surface area contributed by atoms with Gasteiger partial charge in [-0.15, -0.1) is 0 Å². The van der Waals surface area contributed by atoms with Crippen LogP contribution in [0.5, 0.6) is 0 Å². The molecule has 92 valence electrons. The third kappa shape index (κ3) is 4.41. The van der Waals surface area contributed by atoms with Crippen LogP contribution < -0.4 is 0 Å². The Morgan fingerprint density at radius 1 is 1.18 bits per heavy atom. The summed E-state index contributed by atoms with van der Waals surface area (Å²) in [7, 11) is 0. The number of rotatable bonds is 4. The maximum atomic E-state index is 12.7. The van der Waals surface area contributed by atoms with Crippen LogP contribution in [0.2, 0.25) is 5.32 Å². The first kappa shape index (κ1) is 14.1. The van der Waals surface area contributed by atoms with E-state index >= 15 is 0 Å². The van der Waals surface area contributed by atoms with Crippen molar-refractivity contribution in [3.63, 3.8) is 0 Å². The summed E-state index contributed by atoms with van der Waals surface area (Å²) in [6.45, 7) is 5.52. The molecular weight excluding hydrogens is 286 g/mol. The second-order valence-corrected chi connectivity index (χ2v) is 6.75. The Kier molecular flexibility index (Phi) is 4.61. The van der Waals surface area contributed by atoms with E-state index in [9.17, 15) is 14.0 Å². The molecule has 0 aromatic heterocycles. The van der Waals surface area contributed by atoms with Crippen molar-refractivity contribution >= 4 is 25.4 Å². The number of hydrogen-bond donors (Lipinski definition) is 0. The van der Waals surface area contributed by atoms with Gasteiger partial charge in [-0.1, -0.05) is 0 Å². The fourth-order valence-electron chi connectivity index (χ4n) is 1.02. The van der Waals surface area contributed by atoms with Crippen molar-refractivity contribution in [3.8, 4) is 0 Å². The number of carbonyl (C=O) groups is 2. The summed E-state index contributed by atoms with van der Waals surface area (Å²) in [4.78, 5) is 23.4. The molecule has 4 heteroatoms. The van der Waals surface area contributed by atoms with Crippen LogP contribution >= 0.6 is 0 Å². The van der Waals surface area contributed by atoms with E-state index in [4.69, 9.17) is 0 Å². The molecule has 0 radical (unpaired) electrons. The quantitative estimate of drug-likeness (QED) is 0.801. The van der Waals surface area contributed by atoms with E-state index in [2.05, 4.69) is 0 Å². The molecule has 0 fully saturated rings. The number of hydrogen-bond acceptors (Lipinski definition) is 2. The van der Waals surface area contributed by atoms with E-state index in [0.717, 1.165) is 0 Å². The summed E-state index contributed by atoms with van der Waals surface area (Å²) >= 11 is -0.401. The molecule has 0 bridgehead atoms. The van der Waals surface area contributed by atoms with Crippen molar-refractivity contribution in [2.24, 2.45) is 5.41 Å². The van der Waals surface area contributed by atoms with Crippen molar-refractivity contribution in [2.45, 2.75) is 26.1 Å². The van der Waals surface area contributed by atoms with Crippen LogP contribution in [0.15, 0.2) is 24.3 Å². The zero-order valence-electron chi connectivity index (χ0n) is 10.1. The molecule has 0 aliphatic heterocycles. The molecule has 1 rings (SSSR count). The zero-order valence-corrected chi connectivity index (χ0v) is 11.8. The Morgan fingerprint density at radius 2 is 1.71 bits per heavy atom. The molecule has 2 nitrogen and oxygen atoms in total. The normalized spacial score (nSPS) is 11.3. The molecule has 0 atom stereocenters. The van der Waals surface area contributed by atoms with E-state index in [1.54, 1.807) is 0 Å². The third-order valence-electron chi connectivity index (χ3n) is 2.25. The van der Waals surface area contributed by atoms with Gasteiger partial charge < -0.3 is 0 Å². The van der Waals surface area contributed by atoms with E-state index in [1.165, 1.54) is 24.3 Å². The fraction of sp³-hybridized carbons (Fsp3) is 0.385. The SMILES string of the molecule is CC(C)(C)C(=O)C[Se]C(=O)c1ccc(F)cc1. The van der Waals surface area contributed by atoms with Crippen molar-refractivity contribution < 1.29 is 14.0 Å². The van der Waals surface area contributed by atoms with E-state index in [-0.39, 0.29) is 16.3 Å². The molecule has 0 saturated carbocycles. The van der Waals surface area contributed by atoms with Gasteiger partial charge in [-0.3, -0.25) is 0 Å². The standard InChI is InChI=1S/C13H15FO2Se/c1-13(2,3)11(15)8-17-12(16)9-4-6-10(14)7-5-9/h4-7H,8H2,1-3H3. The molecule has 0 aliphatic carbocycles. The molecule has 17 heavy (non-hydrogen) atoms. The summed E-state index contributed by atoms with van der Waals surface area (Å²) in [6, 6.07) is 5.44. The maximum absolute atomic E-state index is 12.7. The van der Waals surface area contributed by atoms with Crippen molar-refractivity contribution in [1.82, 2.24) is 0 Å². The van der Waals surface area contributed by atoms with Gasteiger partial charge in [0, 0.05) is 0 Å². The number of ketones is 1. The number of benzene rings is 1. The Labute approximate surface area is 107 Å².